The summed E-state index contributed by atoms with van der Waals surface area (Å²) in [5.41, 5.74) is 5.49. The highest BCUT2D eigenvalue weighted by atomic mass is 16.2. The topological polar surface area (TPSA) is 56.6 Å². The summed E-state index contributed by atoms with van der Waals surface area (Å²) >= 11 is 0. The molecule has 0 spiro atoms. The van der Waals surface area contributed by atoms with Gasteiger partial charge in [0.15, 0.2) is 5.65 Å². The van der Waals surface area contributed by atoms with E-state index in [0.717, 1.165) is 22.3 Å². The maximum atomic E-state index is 12.8. The molecule has 6 heteroatoms. The highest BCUT2D eigenvalue weighted by Gasteiger charge is 2.14. The van der Waals surface area contributed by atoms with E-state index in [-0.39, 0.29) is 5.69 Å². The molecule has 0 amide bonds. The Labute approximate surface area is 167 Å². The lowest BCUT2D eigenvalue weighted by Gasteiger charge is -2.05. The summed E-state index contributed by atoms with van der Waals surface area (Å²) in [7, 11) is 0. The van der Waals surface area contributed by atoms with Crippen LogP contribution >= 0.6 is 0 Å². The Balaban J connectivity index is 1.59. The number of benzene rings is 2. The Morgan fingerprint density at radius 1 is 0.931 bits per heavy atom. The molecule has 0 aliphatic rings. The van der Waals surface area contributed by atoms with E-state index < -0.39 is 0 Å². The number of fused-ring (bicyclic) bond motifs is 3. The van der Waals surface area contributed by atoms with Gasteiger partial charge in [0.25, 0.3) is 0 Å². The molecule has 5 aromatic rings. The van der Waals surface area contributed by atoms with Crippen LogP contribution in [-0.4, -0.2) is 23.8 Å². The maximum absolute atomic E-state index is 12.8. The molecule has 0 radical (unpaired) electrons. The first kappa shape index (κ1) is 17.4. The predicted molar refractivity (Wildman–Crippen MR) is 113 cm³/mol. The van der Waals surface area contributed by atoms with Crippen molar-refractivity contribution in [1.29, 1.82) is 0 Å². The number of hydrogen-bond acceptors (Lipinski definition) is 3. The van der Waals surface area contributed by atoms with Crippen molar-refractivity contribution in [2.45, 2.75) is 26.3 Å². The number of aromatic nitrogens is 5. The Bertz CT molecular complexity index is 1360. The molecular weight excluding hydrogens is 362 g/mol. The van der Waals surface area contributed by atoms with Crippen LogP contribution in [-0.2, 0) is 6.54 Å². The summed E-state index contributed by atoms with van der Waals surface area (Å²) in [5.74, 6) is 0.491. The van der Waals surface area contributed by atoms with E-state index in [1.165, 1.54) is 10.2 Å². The first-order chi connectivity index (χ1) is 14.1. The molecule has 3 heterocycles. The zero-order valence-corrected chi connectivity index (χ0v) is 16.4. The van der Waals surface area contributed by atoms with Crippen molar-refractivity contribution in [1.82, 2.24) is 23.8 Å². The van der Waals surface area contributed by atoms with E-state index >= 15 is 0 Å². The molecule has 29 heavy (non-hydrogen) atoms. The minimum atomic E-state index is -0.157. The van der Waals surface area contributed by atoms with Crippen LogP contribution in [0.15, 0.2) is 77.9 Å². The van der Waals surface area contributed by atoms with Gasteiger partial charge in [-0.05, 0) is 23.1 Å². The Morgan fingerprint density at radius 2 is 1.69 bits per heavy atom. The van der Waals surface area contributed by atoms with Crippen LogP contribution in [0, 0.1) is 0 Å². The van der Waals surface area contributed by atoms with E-state index in [0.29, 0.717) is 18.1 Å². The minimum Gasteiger partial charge on any atom is -0.247 e. The SMILES string of the molecule is CC(C)c1ccc(-c2cc3c4nn(Cc5ccccc5)c(=O)n4ccn3n2)cc1. The molecule has 0 aliphatic heterocycles. The fourth-order valence-corrected chi connectivity index (χ4v) is 3.57. The fourth-order valence-electron chi connectivity index (χ4n) is 3.57. The Kier molecular flexibility index (Phi) is 4.05. The normalized spacial score (nSPS) is 11.7. The third-order valence-corrected chi connectivity index (χ3v) is 5.24. The first-order valence-electron chi connectivity index (χ1n) is 9.72. The quantitative estimate of drug-likeness (QED) is 0.472. The molecule has 2 aromatic carbocycles. The zero-order valence-electron chi connectivity index (χ0n) is 16.4. The average Bonchev–Trinajstić information content (AvgIpc) is 3.31. The monoisotopic (exact) mass is 383 g/mol. The molecule has 0 fully saturated rings. The summed E-state index contributed by atoms with van der Waals surface area (Å²) in [6, 6.07) is 20.3. The highest BCUT2D eigenvalue weighted by molar-refractivity contribution is 5.76. The number of rotatable bonds is 4. The maximum Gasteiger partial charge on any atom is 0.350 e. The minimum absolute atomic E-state index is 0.157. The first-order valence-corrected chi connectivity index (χ1v) is 9.72. The molecule has 0 aliphatic carbocycles. The van der Waals surface area contributed by atoms with Crippen molar-refractivity contribution in [2.24, 2.45) is 0 Å². The van der Waals surface area contributed by atoms with Gasteiger partial charge in [-0.1, -0.05) is 68.4 Å². The summed E-state index contributed by atoms with van der Waals surface area (Å²) in [6.07, 6.45) is 3.52. The standard InChI is InChI=1S/C23H21N5O/c1-16(2)18-8-10-19(11-9-18)20-14-21-22-25-28(15-17-6-4-3-5-7-17)23(29)26(22)12-13-27(21)24-20/h3-14,16H,15H2,1-2H3. The second-order valence-electron chi connectivity index (χ2n) is 7.55. The van der Waals surface area contributed by atoms with Crippen LogP contribution in [0.4, 0.5) is 0 Å². The Morgan fingerprint density at radius 3 is 2.41 bits per heavy atom. The lowest BCUT2D eigenvalue weighted by molar-refractivity contribution is 0.659. The molecule has 6 nitrogen and oxygen atoms in total. The lowest BCUT2D eigenvalue weighted by Crippen LogP contribution is -2.21. The largest absolute Gasteiger partial charge is 0.350 e. The van der Waals surface area contributed by atoms with Crippen LogP contribution in [0.25, 0.3) is 22.4 Å². The van der Waals surface area contributed by atoms with Crippen molar-refractivity contribution < 1.29 is 0 Å². The lowest BCUT2D eigenvalue weighted by atomic mass is 10.0. The zero-order chi connectivity index (χ0) is 20.0. The van der Waals surface area contributed by atoms with Gasteiger partial charge in [0, 0.05) is 18.0 Å². The van der Waals surface area contributed by atoms with Crippen molar-refractivity contribution in [3.8, 4) is 11.3 Å². The van der Waals surface area contributed by atoms with Crippen LogP contribution in [0.5, 0.6) is 0 Å². The molecule has 5 rings (SSSR count). The van der Waals surface area contributed by atoms with Crippen LogP contribution < -0.4 is 5.69 Å². The van der Waals surface area contributed by atoms with Crippen molar-refractivity contribution in [2.75, 3.05) is 0 Å². The van der Waals surface area contributed by atoms with Gasteiger partial charge >= 0.3 is 5.69 Å². The number of hydrogen-bond donors (Lipinski definition) is 0. The smallest absolute Gasteiger partial charge is 0.247 e. The van der Waals surface area contributed by atoms with E-state index in [9.17, 15) is 4.79 Å². The number of nitrogens with zero attached hydrogens (tertiary/aromatic N) is 5. The van der Waals surface area contributed by atoms with Crippen LogP contribution in [0.1, 0.15) is 30.9 Å². The molecule has 0 unspecified atom stereocenters. The molecule has 0 saturated heterocycles. The van der Waals surface area contributed by atoms with Gasteiger partial charge in [-0.25, -0.2) is 18.4 Å². The molecule has 0 bridgehead atoms. The van der Waals surface area contributed by atoms with Gasteiger partial charge in [-0.15, -0.1) is 5.10 Å². The molecule has 144 valence electrons. The molecular formula is C23H21N5O. The highest BCUT2D eigenvalue weighted by Crippen LogP contribution is 2.24. The second-order valence-corrected chi connectivity index (χ2v) is 7.55. The van der Waals surface area contributed by atoms with E-state index in [2.05, 4.69) is 48.3 Å². The summed E-state index contributed by atoms with van der Waals surface area (Å²) in [6.45, 7) is 4.80. The average molecular weight is 383 g/mol. The molecule has 3 aromatic heterocycles. The van der Waals surface area contributed by atoms with Gasteiger partial charge in [-0.3, -0.25) is 0 Å². The Hall–Kier alpha value is -3.67. The fraction of sp³-hybridized carbons (Fsp3) is 0.174. The van der Waals surface area contributed by atoms with E-state index in [4.69, 9.17) is 0 Å². The van der Waals surface area contributed by atoms with Crippen molar-refractivity contribution >= 4 is 11.2 Å². The van der Waals surface area contributed by atoms with Crippen molar-refractivity contribution in [3.63, 3.8) is 0 Å². The summed E-state index contributed by atoms with van der Waals surface area (Å²) in [4.78, 5) is 12.8. The van der Waals surface area contributed by atoms with Crippen molar-refractivity contribution in [3.05, 3.63) is 94.7 Å². The van der Waals surface area contributed by atoms with E-state index in [1.54, 1.807) is 21.3 Å². The van der Waals surface area contributed by atoms with Crippen LogP contribution in [0.3, 0.4) is 0 Å². The van der Waals surface area contributed by atoms with Gasteiger partial charge < -0.3 is 0 Å². The van der Waals surface area contributed by atoms with Gasteiger partial charge in [-0.2, -0.15) is 5.10 Å². The van der Waals surface area contributed by atoms with Gasteiger partial charge in [0.2, 0.25) is 0 Å². The summed E-state index contributed by atoms with van der Waals surface area (Å²) in [5, 5.41) is 9.27. The third-order valence-electron chi connectivity index (χ3n) is 5.24. The second kappa shape index (κ2) is 6.74. The molecule has 0 N–H and O–H groups in total. The van der Waals surface area contributed by atoms with Gasteiger partial charge in [0.05, 0.1) is 12.2 Å². The molecule has 0 atom stereocenters. The predicted octanol–water partition coefficient (Wildman–Crippen LogP) is 3.98. The third kappa shape index (κ3) is 3.02. The van der Waals surface area contributed by atoms with Crippen LogP contribution in [0.2, 0.25) is 0 Å². The van der Waals surface area contributed by atoms with E-state index in [1.807, 2.05) is 36.4 Å². The van der Waals surface area contributed by atoms with Gasteiger partial charge in [0.1, 0.15) is 5.52 Å². The summed E-state index contributed by atoms with van der Waals surface area (Å²) < 4.78 is 4.85. The molecule has 0 saturated carbocycles.